The Balaban J connectivity index is 0. The fraction of sp³-hybridized carbons (Fsp3) is 0.857. The second kappa shape index (κ2) is 16.1. The van der Waals surface area contributed by atoms with Crippen LogP contribution in [0.1, 0.15) is 77.6 Å². The Morgan fingerprint density at radius 3 is 1.88 bits per heavy atom. The van der Waals surface area contributed by atoms with Crippen LogP contribution in [-0.2, 0) is 24.3 Å². The average Bonchev–Trinajstić information content (AvgIpc) is 2.25. The van der Waals surface area contributed by atoms with Gasteiger partial charge in [0.25, 0.3) is 0 Å². The van der Waals surface area contributed by atoms with Gasteiger partial charge in [-0.05, 0) is 6.42 Å². The van der Waals surface area contributed by atoms with Crippen molar-refractivity contribution in [3.8, 4) is 0 Å². The van der Waals surface area contributed by atoms with E-state index in [1.54, 1.807) is 0 Å². The minimum Gasteiger partial charge on any atom is -0.481 e. The molecule has 2 nitrogen and oxygen atoms in total. The summed E-state index contributed by atoms with van der Waals surface area (Å²) in [5.74, 6) is -0.660. The fourth-order valence-electron chi connectivity index (χ4n) is 1.83. The van der Waals surface area contributed by atoms with Gasteiger partial charge in [-0.1, -0.05) is 51.9 Å². The van der Waals surface area contributed by atoms with Crippen molar-refractivity contribution in [2.45, 2.75) is 77.6 Å². The van der Waals surface area contributed by atoms with Crippen molar-refractivity contribution in [2.24, 2.45) is 0 Å². The van der Waals surface area contributed by atoms with E-state index in [9.17, 15) is 4.79 Å². The zero-order valence-corrected chi connectivity index (χ0v) is 14.4. The van der Waals surface area contributed by atoms with Crippen molar-refractivity contribution in [1.29, 1.82) is 0 Å². The molecule has 17 heavy (non-hydrogen) atoms. The van der Waals surface area contributed by atoms with Gasteiger partial charge in [-0.25, -0.2) is 0 Å². The van der Waals surface area contributed by atoms with Crippen LogP contribution < -0.4 is 0 Å². The number of aliphatic carboxylic acids is 1. The maximum atomic E-state index is 10.3. The molecule has 0 spiro atoms. The van der Waals surface area contributed by atoms with E-state index < -0.39 is 5.97 Å². The van der Waals surface area contributed by atoms with Crippen LogP contribution in [0.3, 0.4) is 0 Å². The first-order valence-electron chi connectivity index (χ1n) is 6.80. The quantitative estimate of drug-likeness (QED) is 0.325. The molecule has 0 aromatic carbocycles. The van der Waals surface area contributed by atoms with Crippen LogP contribution in [0, 0.1) is 6.42 Å². The molecule has 0 atom stereocenters. The largest absolute Gasteiger partial charge is 0.481 e. The topological polar surface area (TPSA) is 37.3 Å². The maximum Gasteiger partial charge on any atom is 0.303 e. The summed E-state index contributed by atoms with van der Waals surface area (Å²) in [6.45, 7) is 2.19. The summed E-state index contributed by atoms with van der Waals surface area (Å²) in [7, 11) is 0. The summed E-state index contributed by atoms with van der Waals surface area (Å²) in [5.41, 5.74) is 0. The van der Waals surface area contributed by atoms with Crippen LogP contribution in [0.5, 0.6) is 0 Å². The summed E-state index contributed by atoms with van der Waals surface area (Å²) in [4.78, 5) is 10.3. The zero-order valence-electron chi connectivity index (χ0n) is 11.4. The Labute approximate surface area is 119 Å². The third kappa shape index (κ3) is 18.6. The average molecular weight is 293 g/mol. The Kier molecular flexibility index (Phi) is 18.4. The minimum atomic E-state index is -0.660. The van der Waals surface area contributed by atoms with E-state index in [1.807, 2.05) is 0 Å². The number of hydrogen-bond acceptors (Lipinski definition) is 1. The predicted molar refractivity (Wildman–Crippen MR) is 68.4 cm³/mol. The molecule has 0 unspecified atom stereocenters. The normalized spacial score (nSPS) is 9.94. The molecule has 0 saturated carbocycles. The third-order valence-corrected chi connectivity index (χ3v) is 2.84. The van der Waals surface area contributed by atoms with E-state index in [4.69, 9.17) is 5.11 Å². The molecule has 0 heterocycles. The number of carboxylic acids is 1. The molecule has 0 aliphatic heterocycles. The van der Waals surface area contributed by atoms with E-state index in [0.717, 1.165) is 12.8 Å². The molecule has 0 saturated heterocycles. The summed E-state index contributed by atoms with van der Waals surface area (Å²) >= 11 is 0. The van der Waals surface area contributed by atoms with Crippen molar-refractivity contribution >= 4 is 5.97 Å². The van der Waals surface area contributed by atoms with E-state index in [1.165, 1.54) is 51.4 Å². The summed E-state index contributed by atoms with van der Waals surface area (Å²) in [6.07, 6.45) is 14.9. The van der Waals surface area contributed by atoms with Crippen molar-refractivity contribution in [3.05, 3.63) is 6.42 Å². The Hall–Kier alpha value is 0.0934. The van der Waals surface area contributed by atoms with Gasteiger partial charge in [-0.3, -0.25) is 4.79 Å². The van der Waals surface area contributed by atoms with Gasteiger partial charge >= 0.3 is 5.97 Å². The van der Waals surface area contributed by atoms with E-state index in [0.29, 0.717) is 6.42 Å². The molecule has 0 aliphatic carbocycles. The molecule has 3 heteroatoms. The van der Waals surface area contributed by atoms with Gasteiger partial charge in [0, 0.05) is 25.9 Å². The Morgan fingerprint density at radius 1 is 0.941 bits per heavy atom. The molecule has 0 bridgehead atoms. The zero-order chi connectivity index (χ0) is 12.1. The van der Waals surface area contributed by atoms with Gasteiger partial charge in [-0.15, -0.1) is 0 Å². The molecule has 0 rings (SSSR count). The van der Waals surface area contributed by atoms with Crippen molar-refractivity contribution < 1.29 is 29.4 Å². The molecule has 0 aromatic heterocycles. The number of carbonyl (C=O) groups is 1. The van der Waals surface area contributed by atoms with Gasteiger partial charge < -0.3 is 11.5 Å². The van der Waals surface area contributed by atoms with E-state index >= 15 is 0 Å². The van der Waals surface area contributed by atoms with Gasteiger partial charge in [0.1, 0.15) is 0 Å². The first-order chi connectivity index (χ1) is 7.77. The van der Waals surface area contributed by atoms with Crippen LogP contribution in [0.25, 0.3) is 0 Å². The molecular formula is C14H27O2Zn-. The third-order valence-electron chi connectivity index (χ3n) is 2.84. The van der Waals surface area contributed by atoms with E-state index in [2.05, 4.69) is 13.3 Å². The van der Waals surface area contributed by atoms with Gasteiger partial charge in [0.15, 0.2) is 0 Å². The summed E-state index contributed by atoms with van der Waals surface area (Å²) in [6, 6.07) is 0. The predicted octanol–water partition coefficient (Wildman–Crippen LogP) is 4.58. The van der Waals surface area contributed by atoms with Gasteiger partial charge in [0.05, 0.1) is 0 Å². The van der Waals surface area contributed by atoms with Crippen LogP contribution in [0.15, 0.2) is 0 Å². The summed E-state index contributed by atoms with van der Waals surface area (Å²) < 4.78 is 0. The second-order valence-electron chi connectivity index (χ2n) is 4.46. The van der Waals surface area contributed by atoms with Crippen LogP contribution in [0.4, 0.5) is 0 Å². The number of unbranched alkanes of at least 4 members (excludes halogenated alkanes) is 10. The molecule has 98 valence electrons. The fourth-order valence-corrected chi connectivity index (χ4v) is 1.83. The molecule has 0 aromatic rings. The first-order valence-corrected chi connectivity index (χ1v) is 6.80. The van der Waals surface area contributed by atoms with Crippen LogP contribution in [0.2, 0.25) is 0 Å². The van der Waals surface area contributed by atoms with Crippen molar-refractivity contribution in [1.82, 2.24) is 0 Å². The number of hydrogen-bond donors (Lipinski definition) is 1. The first kappa shape index (κ1) is 19.4. The molecule has 1 N–H and O–H groups in total. The monoisotopic (exact) mass is 291 g/mol. The SMILES string of the molecule is CC[CH-]CCCCCCCCCCC(=O)O.[Zn]. The van der Waals surface area contributed by atoms with Crippen LogP contribution in [-0.4, -0.2) is 11.1 Å². The minimum absolute atomic E-state index is 0. The van der Waals surface area contributed by atoms with Gasteiger partial charge in [-0.2, -0.15) is 12.8 Å². The van der Waals surface area contributed by atoms with Gasteiger partial charge in [0.2, 0.25) is 0 Å². The molecule has 0 amide bonds. The standard InChI is InChI=1S/C14H27O2.Zn/c1-2-3-4-5-6-7-8-9-10-11-12-13-14(15)16;/h3H,2,4-13H2,1H3,(H,15,16);/q-1;. The van der Waals surface area contributed by atoms with Crippen LogP contribution >= 0.6 is 0 Å². The molecular weight excluding hydrogens is 266 g/mol. The maximum absolute atomic E-state index is 10.3. The molecule has 0 radical (unpaired) electrons. The van der Waals surface area contributed by atoms with Crippen molar-refractivity contribution in [2.75, 3.05) is 0 Å². The number of carboxylic acid groups (broad SMARTS) is 1. The van der Waals surface area contributed by atoms with E-state index in [-0.39, 0.29) is 19.5 Å². The molecule has 0 fully saturated rings. The second-order valence-corrected chi connectivity index (χ2v) is 4.46. The Morgan fingerprint density at radius 2 is 1.41 bits per heavy atom. The molecule has 0 aliphatic rings. The smallest absolute Gasteiger partial charge is 0.303 e. The Bertz CT molecular complexity index is 160. The number of rotatable bonds is 12. The summed E-state index contributed by atoms with van der Waals surface area (Å²) in [5, 5.41) is 8.45. The van der Waals surface area contributed by atoms with Crippen molar-refractivity contribution in [3.63, 3.8) is 0 Å².